The fourth-order valence-electron chi connectivity index (χ4n) is 4.35. The highest BCUT2D eigenvalue weighted by molar-refractivity contribution is 5.88. The zero-order valence-corrected chi connectivity index (χ0v) is 17.0. The molecule has 1 aliphatic heterocycles. The summed E-state index contributed by atoms with van der Waals surface area (Å²) < 4.78 is 33.6. The average Bonchev–Trinajstić information content (AvgIpc) is 2.78. The Labute approximate surface area is 175 Å². The van der Waals surface area contributed by atoms with Gasteiger partial charge >= 0.3 is 0 Å². The molecular weight excluding hydrogens is 384 g/mol. The number of rotatable bonds is 7. The standard InChI is InChI=1S/C25H27F2NO2/c26-21-13-11-20(12-14-21)25(29,28-16-2-1-3-17-28)15-6-18-30-23-10-5-8-19-7-4-9-22(27)24(19)23/h4-5,7-14,29H,1-3,6,15-18H2. The summed E-state index contributed by atoms with van der Waals surface area (Å²) in [5.74, 6) is -0.116. The van der Waals surface area contributed by atoms with Gasteiger partial charge in [0.15, 0.2) is 0 Å². The van der Waals surface area contributed by atoms with E-state index in [1.54, 1.807) is 24.3 Å². The molecule has 0 radical (unpaired) electrons. The second kappa shape index (κ2) is 9.11. The molecule has 0 bridgehead atoms. The van der Waals surface area contributed by atoms with Crippen LogP contribution in [0.4, 0.5) is 8.78 Å². The molecule has 0 spiro atoms. The highest BCUT2D eigenvalue weighted by Gasteiger charge is 2.36. The normalized spacial score (nSPS) is 17.0. The van der Waals surface area contributed by atoms with Crippen molar-refractivity contribution < 1.29 is 18.6 Å². The van der Waals surface area contributed by atoms with Gasteiger partial charge in [0.05, 0.1) is 12.0 Å². The Hall–Kier alpha value is -2.50. The molecule has 1 heterocycles. The molecule has 158 valence electrons. The molecular formula is C25H27F2NO2. The Bertz CT molecular complexity index is 981. The summed E-state index contributed by atoms with van der Waals surface area (Å²) in [5, 5.41) is 12.9. The molecule has 3 nitrogen and oxygen atoms in total. The first-order chi connectivity index (χ1) is 14.6. The van der Waals surface area contributed by atoms with Crippen LogP contribution in [-0.2, 0) is 5.72 Å². The van der Waals surface area contributed by atoms with Crippen molar-refractivity contribution in [1.82, 2.24) is 4.90 Å². The topological polar surface area (TPSA) is 32.7 Å². The SMILES string of the molecule is OC(CCCOc1cccc2cccc(F)c12)(c1ccc(F)cc1)N1CCCCC1. The third-order valence-corrected chi connectivity index (χ3v) is 5.93. The number of aliphatic hydroxyl groups is 1. The highest BCUT2D eigenvalue weighted by atomic mass is 19.1. The summed E-state index contributed by atoms with van der Waals surface area (Å²) in [6.07, 6.45) is 4.26. The van der Waals surface area contributed by atoms with Crippen LogP contribution >= 0.6 is 0 Å². The Balaban J connectivity index is 1.48. The lowest BCUT2D eigenvalue weighted by Gasteiger charge is -2.42. The first-order valence-electron chi connectivity index (χ1n) is 10.6. The molecule has 30 heavy (non-hydrogen) atoms. The predicted octanol–water partition coefficient (Wildman–Crippen LogP) is 5.61. The number of likely N-dealkylation sites (tertiary alicyclic amines) is 1. The highest BCUT2D eigenvalue weighted by Crippen LogP contribution is 2.34. The van der Waals surface area contributed by atoms with E-state index in [1.165, 1.54) is 18.2 Å². The minimum absolute atomic E-state index is 0.306. The van der Waals surface area contributed by atoms with E-state index >= 15 is 0 Å². The Morgan fingerprint density at radius 3 is 2.33 bits per heavy atom. The molecule has 1 N–H and O–H groups in total. The van der Waals surface area contributed by atoms with E-state index in [1.807, 2.05) is 18.2 Å². The number of piperidine rings is 1. The second-order valence-corrected chi connectivity index (χ2v) is 7.92. The van der Waals surface area contributed by atoms with Crippen LogP contribution in [0.2, 0.25) is 0 Å². The number of benzene rings is 3. The van der Waals surface area contributed by atoms with Crippen molar-refractivity contribution in [1.29, 1.82) is 0 Å². The molecule has 0 aromatic heterocycles. The molecule has 0 saturated carbocycles. The zero-order valence-electron chi connectivity index (χ0n) is 17.0. The lowest BCUT2D eigenvalue weighted by Crippen LogP contribution is -2.48. The predicted molar refractivity (Wildman–Crippen MR) is 114 cm³/mol. The van der Waals surface area contributed by atoms with Gasteiger partial charge in [-0.05, 0) is 60.9 Å². The minimum atomic E-state index is -1.17. The van der Waals surface area contributed by atoms with Crippen LogP contribution in [0.5, 0.6) is 5.75 Å². The van der Waals surface area contributed by atoms with Crippen LogP contribution < -0.4 is 4.74 Å². The van der Waals surface area contributed by atoms with Crippen LogP contribution in [0, 0.1) is 11.6 Å². The minimum Gasteiger partial charge on any atom is -0.493 e. The van der Waals surface area contributed by atoms with Crippen molar-refractivity contribution in [2.75, 3.05) is 19.7 Å². The van der Waals surface area contributed by atoms with Crippen molar-refractivity contribution in [2.45, 2.75) is 37.8 Å². The molecule has 4 rings (SSSR count). The molecule has 3 aromatic carbocycles. The summed E-state index contributed by atoms with van der Waals surface area (Å²) >= 11 is 0. The zero-order chi connectivity index (χ0) is 21.0. The van der Waals surface area contributed by atoms with E-state index in [2.05, 4.69) is 4.90 Å². The summed E-state index contributed by atoms with van der Waals surface area (Å²) in [4.78, 5) is 2.08. The van der Waals surface area contributed by atoms with Crippen molar-refractivity contribution in [3.63, 3.8) is 0 Å². The van der Waals surface area contributed by atoms with E-state index in [0.717, 1.165) is 37.7 Å². The van der Waals surface area contributed by atoms with Crippen LogP contribution in [-0.4, -0.2) is 29.7 Å². The van der Waals surface area contributed by atoms with Crippen molar-refractivity contribution >= 4 is 10.8 Å². The molecule has 1 aliphatic rings. The molecule has 3 aromatic rings. The number of hydrogen-bond acceptors (Lipinski definition) is 3. The molecule has 5 heteroatoms. The molecule has 1 fully saturated rings. The van der Waals surface area contributed by atoms with Gasteiger partial charge in [-0.2, -0.15) is 0 Å². The van der Waals surface area contributed by atoms with Crippen LogP contribution in [0.1, 0.15) is 37.7 Å². The van der Waals surface area contributed by atoms with E-state index < -0.39 is 5.72 Å². The largest absolute Gasteiger partial charge is 0.493 e. The van der Waals surface area contributed by atoms with Gasteiger partial charge in [0.2, 0.25) is 0 Å². The summed E-state index contributed by atoms with van der Waals surface area (Å²) in [7, 11) is 0. The smallest absolute Gasteiger partial charge is 0.144 e. The van der Waals surface area contributed by atoms with Gasteiger partial charge in [0, 0.05) is 13.1 Å². The van der Waals surface area contributed by atoms with E-state index in [-0.39, 0.29) is 11.6 Å². The van der Waals surface area contributed by atoms with E-state index in [0.29, 0.717) is 36.1 Å². The quantitative estimate of drug-likeness (QED) is 0.513. The van der Waals surface area contributed by atoms with Crippen molar-refractivity contribution in [3.8, 4) is 5.75 Å². The second-order valence-electron chi connectivity index (χ2n) is 7.92. The average molecular weight is 411 g/mol. The number of hydrogen-bond donors (Lipinski definition) is 1. The van der Waals surface area contributed by atoms with Gasteiger partial charge in [0.1, 0.15) is 23.1 Å². The fraction of sp³-hybridized carbons (Fsp3) is 0.360. The summed E-state index contributed by atoms with van der Waals surface area (Å²) in [6.45, 7) is 1.97. The number of fused-ring (bicyclic) bond motifs is 1. The fourth-order valence-corrected chi connectivity index (χ4v) is 4.35. The van der Waals surface area contributed by atoms with Gasteiger partial charge < -0.3 is 9.84 Å². The van der Waals surface area contributed by atoms with Crippen LogP contribution in [0.25, 0.3) is 10.8 Å². The van der Waals surface area contributed by atoms with Crippen LogP contribution in [0.3, 0.4) is 0 Å². The Kier molecular flexibility index (Phi) is 6.30. The molecule has 1 saturated heterocycles. The van der Waals surface area contributed by atoms with Crippen molar-refractivity contribution in [2.24, 2.45) is 0 Å². The molecule has 1 atom stereocenters. The maximum Gasteiger partial charge on any atom is 0.144 e. The number of ether oxygens (including phenoxy) is 1. The third kappa shape index (κ3) is 4.32. The first kappa shape index (κ1) is 20.8. The Morgan fingerprint density at radius 2 is 1.60 bits per heavy atom. The molecule has 1 unspecified atom stereocenters. The van der Waals surface area contributed by atoms with Gasteiger partial charge in [0.25, 0.3) is 0 Å². The molecule has 0 amide bonds. The van der Waals surface area contributed by atoms with E-state index in [9.17, 15) is 13.9 Å². The lowest BCUT2D eigenvalue weighted by atomic mass is 9.93. The van der Waals surface area contributed by atoms with Gasteiger partial charge in [-0.3, -0.25) is 4.90 Å². The first-order valence-corrected chi connectivity index (χ1v) is 10.6. The Morgan fingerprint density at radius 1 is 0.900 bits per heavy atom. The summed E-state index contributed by atoms with van der Waals surface area (Å²) in [5.41, 5.74) is -0.469. The number of nitrogens with zero attached hydrogens (tertiary/aromatic N) is 1. The maximum atomic E-state index is 14.3. The van der Waals surface area contributed by atoms with E-state index in [4.69, 9.17) is 4.74 Å². The number of halogens is 2. The molecule has 0 aliphatic carbocycles. The van der Waals surface area contributed by atoms with Gasteiger partial charge in [-0.25, -0.2) is 8.78 Å². The maximum absolute atomic E-state index is 14.3. The van der Waals surface area contributed by atoms with Gasteiger partial charge in [-0.15, -0.1) is 0 Å². The van der Waals surface area contributed by atoms with Crippen molar-refractivity contribution in [3.05, 3.63) is 77.9 Å². The third-order valence-electron chi connectivity index (χ3n) is 5.93. The summed E-state index contributed by atoms with van der Waals surface area (Å²) in [6, 6.07) is 16.5. The monoisotopic (exact) mass is 411 g/mol. The van der Waals surface area contributed by atoms with Crippen LogP contribution in [0.15, 0.2) is 60.7 Å². The van der Waals surface area contributed by atoms with Gasteiger partial charge in [-0.1, -0.05) is 42.8 Å². The lowest BCUT2D eigenvalue weighted by molar-refractivity contribution is -0.131.